The Kier molecular flexibility index (Phi) is 8.28. The van der Waals surface area contributed by atoms with Crippen LogP contribution in [0.2, 0.25) is 0 Å². The van der Waals surface area contributed by atoms with E-state index in [0.717, 1.165) is 58.2 Å². The lowest BCUT2D eigenvalue weighted by atomic mass is 10.2. The lowest BCUT2D eigenvalue weighted by Gasteiger charge is -2.35. The lowest BCUT2D eigenvalue weighted by Crippen LogP contribution is -2.46. The molecule has 1 saturated heterocycles. The largest absolute Gasteiger partial charge is 0.379 e. The molecule has 1 aliphatic rings. The highest BCUT2D eigenvalue weighted by molar-refractivity contribution is 7.10. The Hall–Kier alpha value is -1.37. The minimum absolute atomic E-state index is 0.368. The van der Waals surface area contributed by atoms with Gasteiger partial charge in [-0.25, -0.2) is 0 Å². The molecule has 5 nitrogen and oxygen atoms in total. The maximum atomic E-state index is 5.51. The Morgan fingerprint density at radius 2 is 2.33 bits per heavy atom. The number of aliphatic imine (C=N–C) groups is 1. The topological polar surface area (TPSA) is 40.1 Å². The Labute approximate surface area is 150 Å². The monoisotopic (exact) mass is 350 g/mol. The van der Waals surface area contributed by atoms with Crippen LogP contribution >= 0.6 is 11.3 Å². The fourth-order valence-corrected chi connectivity index (χ4v) is 3.79. The van der Waals surface area contributed by atoms with Gasteiger partial charge < -0.3 is 15.0 Å². The number of morpholine rings is 1. The number of hydrogen-bond donors (Lipinski definition) is 1. The Morgan fingerprint density at radius 3 is 2.96 bits per heavy atom. The molecule has 0 aliphatic carbocycles. The number of nitrogens with one attached hydrogen (secondary N) is 1. The fraction of sp³-hybridized carbons (Fsp3) is 0.611. The van der Waals surface area contributed by atoms with Gasteiger partial charge in [-0.2, -0.15) is 0 Å². The summed E-state index contributed by atoms with van der Waals surface area (Å²) in [4.78, 5) is 10.5. The summed E-state index contributed by atoms with van der Waals surface area (Å²) < 4.78 is 5.51. The van der Waals surface area contributed by atoms with Gasteiger partial charge in [-0.3, -0.25) is 9.89 Å². The molecule has 0 saturated carbocycles. The van der Waals surface area contributed by atoms with Gasteiger partial charge in [0.1, 0.15) is 0 Å². The van der Waals surface area contributed by atoms with E-state index in [0.29, 0.717) is 6.04 Å². The van der Waals surface area contributed by atoms with E-state index in [1.165, 1.54) is 4.88 Å². The van der Waals surface area contributed by atoms with Gasteiger partial charge in [-0.1, -0.05) is 12.1 Å². The van der Waals surface area contributed by atoms with Gasteiger partial charge in [-0.15, -0.1) is 17.9 Å². The first kappa shape index (κ1) is 19.0. The molecule has 1 unspecified atom stereocenters. The number of hydrogen-bond acceptors (Lipinski definition) is 4. The van der Waals surface area contributed by atoms with Gasteiger partial charge >= 0.3 is 0 Å². The normalized spacial score (nSPS) is 17.5. The molecule has 1 aromatic heterocycles. The first-order valence-corrected chi connectivity index (χ1v) is 9.52. The van der Waals surface area contributed by atoms with Crippen molar-refractivity contribution in [3.8, 4) is 0 Å². The minimum Gasteiger partial charge on any atom is -0.379 e. The molecule has 0 bridgehead atoms. The highest BCUT2D eigenvalue weighted by atomic mass is 32.1. The van der Waals surface area contributed by atoms with E-state index >= 15 is 0 Å². The second kappa shape index (κ2) is 10.5. The number of guanidine groups is 1. The van der Waals surface area contributed by atoms with Crippen molar-refractivity contribution in [2.75, 3.05) is 53.5 Å². The van der Waals surface area contributed by atoms with Crippen molar-refractivity contribution in [3.63, 3.8) is 0 Å². The van der Waals surface area contributed by atoms with E-state index in [2.05, 4.69) is 51.2 Å². The van der Waals surface area contributed by atoms with Crippen LogP contribution in [-0.4, -0.2) is 69.2 Å². The van der Waals surface area contributed by atoms with E-state index < -0.39 is 0 Å². The third-order valence-electron chi connectivity index (χ3n) is 4.29. The van der Waals surface area contributed by atoms with Crippen molar-refractivity contribution in [2.24, 2.45) is 4.99 Å². The van der Waals surface area contributed by atoms with Crippen LogP contribution in [0.15, 0.2) is 35.2 Å². The van der Waals surface area contributed by atoms with Crippen LogP contribution in [0.25, 0.3) is 0 Å². The first-order valence-electron chi connectivity index (χ1n) is 8.64. The highest BCUT2D eigenvalue weighted by Gasteiger charge is 2.23. The van der Waals surface area contributed by atoms with Crippen molar-refractivity contribution in [3.05, 3.63) is 35.0 Å². The van der Waals surface area contributed by atoms with E-state index in [1.54, 1.807) is 0 Å². The molecular weight excluding hydrogens is 320 g/mol. The van der Waals surface area contributed by atoms with Crippen molar-refractivity contribution < 1.29 is 4.74 Å². The highest BCUT2D eigenvalue weighted by Crippen LogP contribution is 2.25. The molecule has 1 N–H and O–H groups in total. The summed E-state index contributed by atoms with van der Waals surface area (Å²) in [6, 6.07) is 4.72. The summed E-state index contributed by atoms with van der Waals surface area (Å²) in [6.45, 7) is 9.23. The van der Waals surface area contributed by atoms with E-state index in [-0.39, 0.29) is 0 Å². The Morgan fingerprint density at radius 1 is 1.54 bits per heavy atom. The van der Waals surface area contributed by atoms with Gasteiger partial charge in [0.25, 0.3) is 0 Å². The van der Waals surface area contributed by atoms with Crippen LogP contribution in [0, 0.1) is 0 Å². The second-order valence-electron chi connectivity index (χ2n) is 5.96. The van der Waals surface area contributed by atoms with Gasteiger partial charge in [0, 0.05) is 45.2 Å². The standard InChI is InChI=1S/C18H30N4OS/c1-4-5-6-9-21(3)18(19-2)20-15-16(17-8-7-14-24-17)22-10-12-23-13-11-22/h4,7-8,14,16H,1,5-6,9-13,15H2,2-3H3,(H,19,20). The van der Waals surface area contributed by atoms with Crippen LogP contribution in [0.5, 0.6) is 0 Å². The minimum atomic E-state index is 0.368. The number of thiophene rings is 1. The molecule has 0 aromatic carbocycles. The van der Waals surface area contributed by atoms with E-state index in [4.69, 9.17) is 4.74 Å². The van der Waals surface area contributed by atoms with Crippen molar-refractivity contribution >= 4 is 17.3 Å². The summed E-state index contributed by atoms with van der Waals surface area (Å²) >= 11 is 1.82. The average Bonchev–Trinajstić information content (AvgIpc) is 3.14. The predicted molar refractivity (Wildman–Crippen MR) is 103 cm³/mol. The maximum absolute atomic E-state index is 5.51. The Bertz CT molecular complexity index is 497. The summed E-state index contributed by atoms with van der Waals surface area (Å²) in [7, 11) is 3.94. The molecule has 6 heteroatoms. The van der Waals surface area contributed by atoms with Crippen LogP contribution in [0.1, 0.15) is 23.8 Å². The number of nitrogens with zero attached hydrogens (tertiary/aromatic N) is 3. The number of rotatable bonds is 8. The molecule has 0 amide bonds. The zero-order valence-electron chi connectivity index (χ0n) is 14.9. The fourth-order valence-electron chi connectivity index (χ4n) is 2.93. The number of ether oxygens (including phenoxy) is 1. The first-order chi connectivity index (χ1) is 11.8. The summed E-state index contributed by atoms with van der Waals surface area (Å²) in [5.74, 6) is 0.953. The van der Waals surface area contributed by atoms with E-state index in [9.17, 15) is 0 Å². The Balaban J connectivity index is 1.94. The smallest absolute Gasteiger partial charge is 0.193 e. The summed E-state index contributed by atoms with van der Waals surface area (Å²) in [6.07, 6.45) is 4.10. The lowest BCUT2D eigenvalue weighted by molar-refractivity contribution is 0.0176. The molecule has 1 aliphatic heterocycles. The van der Waals surface area contributed by atoms with Gasteiger partial charge in [0.05, 0.1) is 19.3 Å². The van der Waals surface area contributed by atoms with E-state index in [1.807, 2.05) is 24.5 Å². The van der Waals surface area contributed by atoms with Crippen LogP contribution in [-0.2, 0) is 4.74 Å². The maximum Gasteiger partial charge on any atom is 0.193 e. The quantitative estimate of drug-likeness (QED) is 0.339. The summed E-state index contributed by atoms with van der Waals surface area (Å²) in [5, 5.41) is 5.71. The van der Waals surface area contributed by atoms with Crippen LogP contribution < -0.4 is 5.32 Å². The van der Waals surface area contributed by atoms with Crippen molar-refractivity contribution in [2.45, 2.75) is 18.9 Å². The average molecular weight is 351 g/mol. The van der Waals surface area contributed by atoms with Crippen molar-refractivity contribution in [1.82, 2.24) is 15.1 Å². The molecule has 2 heterocycles. The molecule has 0 radical (unpaired) electrons. The zero-order chi connectivity index (χ0) is 17.2. The third kappa shape index (κ3) is 5.61. The SMILES string of the molecule is C=CCCCN(C)C(=NC)NCC(c1cccs1)N1CCOCC1. The molecule has 1 aromatic rings. The molecular formula is C18H30N4OS. The number of unbranched alkanes of at least 4 members (excludes halogenated alkanes) is 1. The molecule has 1 atom stereocenters. The van der Waals surface area contributed by atoms with Crippen LogP contribution in [0.3, 0.4) is 0 Å². The second-order valence-corrected chi connectivity index (χ2v) is 6.94. The zero-order valence-corrected chi connectivity index (χ0v) is 15.7. The molecule has 24 heavy (non-hydrogen) atoms. The summed E-state index contributed by atoms with van der Waals surface area (Å²) in [5.41, 5.74) is 0. The molecule has 134 valence electrons. The van der Waals surface area contributed by atoms with Crippen molar-refractivity contribution in [1.29, 1.82) is 0 Å². The van der Waals surface area contributed by atoms with Gasteiger partial charge in [-0.05, 0) is 24.3 Å². The number of allylic oxidation sites excluding steroid dienone is 1. The van der Waals surface area contributed by atoms with Crippen LogP contribution in [0.4, 0.5) is 0 Å². The predicted octanol–water partition coefficient (Wildman–Crippen LogP) is 2.59. The molecule has 0 spiro atoms. The van der Waals surface area contributed by atoms with Gasteiger partial charge in [0.15, 0.2) is 5.96 Å². The molecule has 2 rings (SSSR count). The van der Waals surface area contributed by atoms with Gasteiger partial charge in [0.2, 0.25) is 0 Å². The molecule has 1 fully saturated rings. The third-order valence-corrected chi connectivity index (χ3v) is 5.26.